The molecule has 4 rings (SSSR count). The second-order valence-electron chi connectivity index (χ2n) is 9.66. The lowest BCUT2D eigenvalue weighted by atomic mass is 10.2. The summed E-state index contributed by atoms with van der Waals surface area (Å²) < 4.78 is 37.3. The monoisotopic (exact) mass is 741 g/mol. The van der Waals surface area contributed by atoms with Crippen LogP contribution in [0.1, 0.15) is 42.8 Å². The third-order valence-corrected chi connectivity index (χ3v) is 9.39. The lowest BCUT2D eigenvalue weighted by molar-refractivity contribution is -0.0510. The van der Waals surface area contributed by atoms with Crippen molar-refractivity contribution in [1.29, 1.82) is 5.26 Å². The maximum atomic E-state index is 12.5. The number of hydrogen-bond acceptors (Lipinski definition) is 13. The van der Waals surface area contributed by atoms with E-state index in [0.717, 1.165) is 0 Å². The zero-order valence-corrected chi connectivity index (χ0v) is 26.3. The van der Waals surface area contributed by atoms with Crippen LogP contribution in [-0.4, -0.2) is 68.4 Å². The van der Waals surface area contributed by atoms with Gasteiger partial charge in [-0.2, -0.15) is 5.26 Å². The number of H-pyrrole nitrogens is 2. The molecule has 2 fully saturated rings. The Bertz CT molecular complexity index is 1600. The fraction of sp³-hybridized carbons (Fsp3) is 0.609. The molecular weight excluding hydrogens is 712 g/mol. The summed E-state index contributed by atoms with van der Waals surface area (Å²) in [6, 6.07) is 1.95. The van der Waals surface area contributed by atoms with Crippen LogP contribution in [0.5, 0.6) is 0 Å². The van der Waals surface area contributed by atoms with Gasteiger partial charge >= 0.3 is 18.1 Å². The minimum absolute atomic E-state index is 0.000343. The van der Waals surface area contributed by atoms with Gasteiger partial charge in [0.1, 0.15) is 53.8 Å². The number of aromatic nitrogens is 4. The number of aryl methyl sites for hydroxylation is 2. The number of nitriles is 1. The summed E-state index contributed by atoms with van der Waals surface area (Å²) in [5, 5.41) is 19.6. The number of nitrogens with one attached hydrogen (secondary N) is 2. The number of hydrogen-bond donors (Lipinski definition) is 3. The van der Waals surface area contributed by atoms with E-state index in [2.05, 4.69) is 9.97 Å². The molecule has 16 nitrogen and oxygen atoms in total. The number of aliphatic hydroxyl groups is 1. The van der Waals surface area contributed by atoms with Crippen molar-refractivity contribution < 1.29 is 31.2 Å². The third kappa shape index (κ3) is 7.72. The predicted molar refractivity (Wildman–Crippen MR) is 156 cm³/mol. The van der Waals surface area contributed by atoms with Crippen LogP contribution >= 0.6 is 29.7 Å². The SMILES string of the molecule is Cc1cn(C2CC(O)C(COP(=S)(OCCC#N)OC3CC(n4cc(C)c(=O)[nH]c4=O)OC3COI)O2)c(=O)[nH]c1=O. The van der Waals surface area contributed by atoms with Crippen molar-refractivity contribution in [3.8, 4) is 6.07 Å². The van der Waals surface area contributed by atoms with Crippen molar-refractivity contribution in [2.45, 2.75) is 70.0 Å². The molecule has 230 valence electrons. The fourth-order valence-electron chi connectivity index (χ4n) is 4.46. The summed E-state index contributed by atoms with van der Waals surface area (Å²) in [6.07, 6.45) is -2.25. The average molecular weight is 741 g/mol. The van der Waals surface area contributed by atoms with Gasteiger partial charge in [-0.15, -0.1) is 0 Å². The molecule has 0 bridgehead atoms. The Hall–Kier alpha value is -2.05. The highest BCUT2D eigenvalue weighted by Gasteiger charge is 2.43. The Morgan fingerprint density at radius 2 is 1.60 bits per heavy atom. The average Bonchev–Trinajstić information content (AvgIpc) is 3.50. The van der Waals surface area contributed by atoms with E-state index in [1.807, 2.05) is 6.07 Å². The summed E-state index contributed by atoms with van der Waals surface area (Å²) in [6.45, 7) is -0.831. The summed E-state index contributed by atoms with van der Waals surface area (Å²) in [5.41, 5.74) is -1.78. The standard InChI is InChI=1S/C23H29IN5O11PS/c1-12-8-28(22(33)26-20(12)31)18-6-14(30)16(38-18)11-37-41(42,36-5-3-4-25)40-15-7-19(39-17(15)10-35-24)29-9-13(2)21(32)27-23(29)34/h8-9,14-19,30H,3,5-7,10-11H2,1-2H3,(H,26,31,33)(H,27,32,34). The quantitative estimate of drug-likeness (QED) is 0.155. The largest absolute Gasteiger partial charge is 0.390 e. The van der Waals surface area contributed by atoms with Gasteiger partial charge in [0.2, 0.25) is 0 Å². The van der Waals surface area contributed by atoms with Crippen LogP contribution in [0.15, 0.2) is 31.6 Å². The Kier molecular flexibility index (Phi) is 11.1. The van der Waals surface area contributed by atoms with Crippen LogP contribution < -0.4 is 22.5 Å². The van der Waals surface area contributed by atoms with E-state index in [1.54, 1.807) is 29.9 Å². The first-order valence-corrected chi connectivity index (χ1v) is 16.2. The van der Waals surface area contributed by atoms with Crippen molar-refractivity contribution >= 4 is 41.5 Å². The van der Waals surface area contributed by atoms with Crippen LogP contribution in [0.25, 0.3) is 0 Å². The number of aromatic amines is 2. The zero-order chi connectivity index (χ0) is 30.6. The molecule has 7 unspecified atom stereocenters. The first kappa shape index (κ1) is 32.9. The van der Waals surface area contributed by atoms with Gasteiger partial charge in [-0.05, 0) is 25.7 Å². The molecule has 2 aliphatic rings. The van der Waals surface area contributed by atoms with E-state index in [9.17, 15) is 24.3 Å². The molecule has 19 heteroatoms. The minimum atomic E-state index is -3.61. The Labute approximate surface area is 257 Å². The maximum absolute atomic E-state index is 12.5. The number of aliphatic hydroxyl groups excluding tert-OH is 1. The van der Waals surface area contributed by atoms with Gasteiger partial charge < -0.3 is 31.2 Å². The normalized spacial score (nSPS) is 27.1. The van der Waals surface area contributed by atoms with E-state index in [4.69, 9.17) is 43.2 Å². The molecule has 4 heterocycles. The van der Waals surface area contributed by atoms with Crippen molar-refractivity contribution in [1.82, 2.24) is 19.1 Å². The number of nitrogens with zero attached hydrogens (tertiary/aromatic N) is 3. The Morgan fingerprint density at radius 3 is 2.17 bits per heavy atom. The highest BCUT2D eigenvalue weighted by atomic mass is 127. The Morgan fingerprint density at radius 1 is 1.02 bits per heavy atom. The van der Waals surface area contributed by atoms with Crippen molar-refractivity contribution in [2.75, 3.05) is 19.8 Å². The first-order chi connectivity index (χ1) is 19.9. The summed E-state index contributed by atoms with van der Waals surface area (Å²) in [4.78, 5) is 52.7. The van der Waals surface area contributed by atoms with Crippen molar-refractivity contribution in [2.24, 2.45) is 0 Å². The minimum Gasteiger partial charge on any atom is -0.390 e. The van der Waals surface area contributed by atoms with Crippen LogP contribution in [0.3, 0.4) is 0 Å². The lowest BCUT2D eigenvalue weighted by Gasteiger charge is -2.28. The number of rotatable bonds is 12. The predicted octanol–water partition coefficient (Wildman–Crippen LogP) is 0.563. The molecular formula is C23H29IN5O11PS. The fourth-order valence-corrected chi connectivity index (χ4v) is 6.95. The van der Waals surface area contributed by atoms with Gasteiger partial charge in [-0.3, -0.25) is 28.7 Å². The Balaban J connectivity index is 1.49. The maximum Gasteiger partial charge on any atom is 0.330 e. The van der Waals surface area contributed by atoms with Gasteiger partial charge in [0.25, 0.3) is 11.1 Å². The van der Waals surface area contributed by atoms with E-state index >= 15 is 0 Å². The molecule has 2 saturated heterocycles. The van der Waals surface area contributed by atoms with Crippen LogP contribution in [0, 0.1) is 25.2 Å². The van der Waals surface area contributed by atoms with Crippen molar-refractivity contribution in [3.63, 3.8) is 0 Å². The van der Waals surface area contributed by atoms with Gasteiger partial charge in [0.05, 0.1) is 38.4 Å². The molecule has 42 heavy (non-hydrogen) atoms. The van der Waals surface area contributed by atoms with Crippen LogP contribution in [0.4, 0.5) is 0 Å². The van der Waals surface area contributed by atoms with E-state index < -0.39 is 66.1 Å². The molecule has 0 radical (unpaired) electrons. The van der Waals surface area contributed by atoms with E-state index in [0.29, 0.717) is 11.1 Å². The van der Waals surface area contributed by atoms with E-state index in [1.165, 1.54) is 28.5 Å². The number of halogens is 1. The molecule has 0 spiro atoms. The van der Waals surface area contributed by atoms with Crippen LogP contribution in [-0.2, 0) is 37.9 Å². The summed E-state index contributed by atoms with van der Waals surface area (Å²) >= 11 is 7.34. The van der Waals surface area contributed by atoms with Crippen molar-refractivity contribution in [3.05, 3.63) is 65.2 Å². The van der Waals surface area contributed by atoms with Gasteiger partial charge in [-0.1, -0.05) is 0 Å². The molecule has 3 N–H and O–H groups in total. The highest BCUT2D eigenvalue weighted by molar-refractivity contribution is 14.1. The molecule has 2 aromatic rings. The molecule has 0 saturated carbocycles. The molecule has 0 amide bonds. The second-order valence-corrected chi connectivity index (χ2v) is 13.2. The molecule has 7 atom stereocenters. The van der Waals surface area contributed by atoms with E-state index in [-0.39, 0.29) is 39.1 Å². The molecule has 0 aromatic carbocycles. The van der Waals surface area contributed by atoms with Gasteiger partial charge in [0, 0.05) is 36.4 Å². The van der Waals surface area contributed by atoms with Gasteiger partial charge in [0.15, 0.2) is 0 Å². The number of ether oxygens (including phenoxy) is 2. The zero-order valence-electron chi connectivity index (χ0n) is 22.5. The smallest absolute Gasteiger partial charge is 0.330 e. The van der Waals surface area contributed by atoms with Gasteiger partial charge in [-0.25, -0.2) is 9.59 Å². The third-order valence-electron chi connectivity index (χ3n) is 6.65. The second kappa shape index (κ2) is 14.2. The topological polar surface area (TPSA) is 209 Å². The molecule has 2 aromatic heterocycles. The molecule has 0 aliphatic carbocycles. The summed E-state index contributed by atoms with van der Waals surface area (Å²) in [5.74, 6) is 0. The van der Waals surface area contributed by atoms with Crippen LogP contribution in [0.2, 0.25) is 0 Å². The first-order valence-electron chi connectivity index (χ1n) is 12.8. The summed E-state index contributed by atoms with van der Waals surface area (Å²) in [7, 11) is 0. The highest BCUT2D eigenvalue weighted by Crippen LogP contribution is 2.54. The lowest BCUT2D eigenvalue weighted by Crippen LogP contribution is -2.33. The molecule has 2 aliphatic heterocycles.